The molecular formula is C11H17N3O2. The number of hydrogen-bond donors (Lipinski definition) is 1. The molecule has 0 saturated carbocycles. The van der Waals surface area contributed by atoms with Crippen LogP contribution in [0.5, 0.6) is 0 Å². The number of aromatic nitrogens is 2. The van der Waals surface area contributed by atoms with Crippen LogP contribution >= 0.6 is 0 Å². The van der Waals surface area contributed by atoms with Gasteiger partial charge in [0.15, 0.2) is 0 Å². The topological polar surface area (TPSA) is 58.4 Å². The van der Waals surface area contributed by atoms with Gasteiger partial charge in [-0.3, -0.25) is 9.48 Å². The molecule has 1 aliphatic heterocycles. The first-order valence-electron chi connectivity index (χ1n) is 5.55. The number of carbonyl (C=O) groups is 1. The Bertz CT molecular complexity index is 375. The summed E-state index contributed by atoms with van der Waals surface area (Å²) in [5.74, 6) is 0.282. The fourth-order valence-corrected chi connectivity index (χ4v) is 2.06. The second-order valence-electron chi connectivity index (χ2n) is 4.36. The molecule has 5 heteroatoms. The summed E-state index contributed by atoms with van der Waals surface area (Å²) < 4.78 is 1.76. The summed E-state index contributed by atoms with van der Waals surface area (Å²) in [5, 5.41) is 13.1. The highest BCUT2D eigenvalue weighted by atomic mass is 16.3. The third-order valence-corrected chi connectivity index (χ3v) is 2.98. The van der Waals surface area contributed by atoms with Gasteiger partial charge >= 0.3 is 0 Å². The quantitative estimate of drug-likeness (QED) is 0.769. The normalized spacial score (nSPS) is 20.8. The maximum Gasteiger partial charge on any atom is 0.223 e. The minimum Gasteiger partial charge on any atom is -0.396 e. The Morgan fingerprint density at radius 1 is 1.62 bits per heavy atom. The Hall–Kier alpha value is -1.36. The van der Waals surface area contributed by atoms with E-state index >= 15 is 0 Å². The zero-order chi connectivity index (χ0) is 11.5. The standard InChI is InChI=1S/C11H17N3O2/c1-13-6-9(5-12-13)2-3-14-7-10(8-15)4-11(14)16/h5-6,10,15H,2-4,7-8H2,1H3. The van der Waals surface area contributed by atoms with E-state index in [9.17, 15) is 4.79 Å². The molecule has 1 aromatic rings. The van der Waals surface area contributed by atoms with Crippen molar-refractivity contribution in [3.8, 4) is 0 Å². The average Bonchev–Trinajstić information content (AvgIpc) is 2.82. The van der Waals surface area contributed by atoms with E-state index in [1.165, 1.54) is 0 Å². The molecule has 16 heavy (non-hydrogen) atoms. The fraction of sp³-hybridized carbons (Fsp3) is 0.636. The first kappa shape index (κ1) is 11.1. The van der Waals surface area contributed by atoms with E-state index in [1.807, 2.05) is 24.3 Å². The number of nitrogens with zero attached hydrogens (tertiary/aromatic N) is 3. The Labute approximate surface area is 94.7 Å². The number of amides is 1. The van der Waals surface area contributed by atoms with Crippen LogP contribution in [0, 0.1) is 5.92 Å². The van der Waals surface area contributed by atoms with Crippen molar-refractivity contribution in [1.29, 1.82) is 0 Å². The molecule has 1 unspecified atom stereocenters. The molecule has 0 bridgehead atoms. The van der Waals surface area contributed by atoms with Crippen molar-refractivity contribution in [3.05, 3.63) is 18.0 Å². The van der Waals surface area contributed by atoms with E-state index in [2.05, 4.69) is 5.10 Å². The Morgan fingerprint density at radius 2 is 2.44 bits per heavy atom. The molecule has 1 saturated heterocycles. The molecule has 0 aliphatic carbocycles. The van der Waals surface area contributed by atoms with Gasteiger partial charge in [-0.1, -0.05) is 0 Å². The second-order valence-corrected chi connectivity index (χ2v) is 4.36. The first-order valence-corrected chi connectivity index (χ1v) is 5.55. The lowest BCUT2D eigenvalue weighted by atomic mass is 10.1. The van der Waals surface area contributed by atoms with E-state index in [4.69, 9.17) is 5.11 Å². The van der Waals surface area contributed by atoms with Crippen molar-refractivity contribution in [2.45, 2.75) is 12.8 Å². The summed E-state index contributed by atoms with van der Waals surface area (Å²) >= 11 is 0. The minimum atomic E-state index is 0.106. The molecule has 0 spiro atoms. The van der Waals surface area contributed by atoms with Gasteiger partial charge in [-0.05, 0) is 12.0 Å². The van der Waals surface area contributed by atoms with Gasteiger partial charge in [0.2, 0.25) is 5.91 Å². The SMILES string of the molecule is Cn1cc(CCN2CC(CO)CC2=O)cn1. The number of likely N-dealkylation sites (tertiary alicyclic amines) is 1. The van der Waals surface area contributed by atoms with Gasteiger partial charge in [-0.2, -0.15) is 5.10 Å². The predicted octanol–water partition coefficient (Wildman–Crippen LogP) is -0.197. The molecule has 1 amide bonds. The van der Waals surface area contributed by atoms with E-state index in [-0.39, 0.29) is 18.4 Å². The van der Waals surface area contributed by atoms with Crippen molar-refractivity contribution >= 4 is 5.91 Å². The molecule has 1 N–H and O–H groups in total. The van der Waals surface area contributed by atoms with Gasteiger partial charge in [-0.25, -0.2) is 0 Å². The lowest BCUT2D eigenvalue weighted by molar-refractivity contribution is -0.127. The Morgan fingerprint density at radius 3 is 3.00 bits per heavy atom. The molecule has 88 valence electrons. The maximum absolute atomic E-state index is 11.6. The zero-order valence-corrected chi connectivity index (χ0v) is 9.46. The summed E-state index contributed by atoms with van der Waals surface area (Å²) in [6, 6.07) is 0. The molecule has 1 aromatic heterocycles. The highest BCUT2D eigenvalue weighted by Gasteiger charge is 2.28. The summed E-state index contributed by atoms with van der Waals surface area (Å²) in [7, 11) is 1.88. The lowest BCUT2D eigenvalue weighted by Gasteiger charge is -2.15. The van der Waals surface area contributed by atoms with Crippen LogP contribution in [-0.2, 0) is 18.3 Å². The first-order chi connectivity index (χ1) is 7.69. The van der Waals surface area contributed by atoms with E-state index < -0.39 is 0 Å². The number of carbonyl (C=O) groups excluding carboxylic acids is 1. The molecule has 2 heterocycles. The largest absolute Gasteiger partial charge is 0.396 e. The van der Waals surface area contributed by atoms with Gasteiger partial charge in [0.1, 0.15) is 0 Å². The Kier molecular flexibility index (Phi) is 3.24. The number of hydrogen-bond acceptors (Lipinski definition) is 3. The Balaban J connectivity index is 1.84. The predicted molar refractivity (Wildman–Crippen MR) is 58.7 cm³/mol. The summed E-state index contributed by atoms with van der Waals surface area (Å²) in [4.78, 5) is 13.4. The average molecular weight is 223 g/mol. The van der Waals surface area contributed by atoms with Crippen LogP contribution in [0.1, 0.15) is 12.0 Å². The van der Waals surface area contributed by atoms with Gasteiger partial charge < -0.3 is 10.0 Å². The highest BCUT2D eigenvalue weighted by Crippen LogP contribution is 2.17. The van der Waals surface area contributed by atoms with Crippen LogP contribution in [0.25, 0.3) is 0 Å². The van der Waals surface area contributed by atoms with Crippen molar-refractivity contribution in [2.75, 3.05) is 19.7 Å². The molecule has 0 aromatic carbocycles. The van der Waals surface area contributed by atoms with Gasteiger partial charge in [-0.15, -0.1) is 0 Å². The van der Waals surface area contributed by atoms with E-state index in [1.54, 1.807) is 4.68 Å². The molecule has 1 fully saturated rings. The van der Waals surface area contributed by atoms with Gasteiger partial charge in [0.05, 0.1) is 6.20 Å². The molecule has 2 rings (SSSR count). The number of rotatable bonds is 4. The smallest absolute Gasteiger partial charge is 0.223 e. The fourth-order valence-electron chi connectivity index (χ4n) is 2.06. The number of aliphatic hydroxyl groups is 1. The minimum absolute atomic E-state index is 0.106. The third kappa shape index (κ3) is 2.41. The molecule has 1 atom stereocenters. The summed E-state index contributed by atoms with van der Waals surface area (Å²) in [5.41, 5.74) is 1.14. The van der Waals surface area contributed by atoms with Gasteiger partial charge in [0.25, 0.3) is 0 Å². The maximum atomic E-state index is 11.6. The van der Waals surface area contributed by atoms with Crippen molar-refractivity contribution in [3.63, 3.8) is 0 Å². The highest BCUT2D eigenvalue weighted by molar-refractivity contribution is 5.78. The van der Waals surface area contributed by atoms with Crippen molar-refractivity contribution < 1.29 is 9.90 Å². The molecule has 0 radical (unpaired) electrons. The summed E-state index contributed by atoms with van der Waals surface area (Å²) in [6.07, 6.45) is 5.11. The van der Waals surface area contributed by atoms with Crippen molar-refractivity contribution in [2.24, 2.45) is 13.0 Å². The van der Waals surface area contributed by atoms with E-state index in [0.717, 1.165) is 18.5 Å². The molecule has 5 nitrogen and oxygen atoms in total. The van der Waals surface area contributed by atoms with Crippen LogP contribution in [-0.4, -0.2) is 45.4 Å². The number of aliphatic hydroxyl groups excluding tert-OH is 1. The summed E-state index contributed by atoms with van der Waals surface area (Å²) in [6.45, 7) is 1.52. The van der Waals surface area contributed by atoms with Gasteiger partial charge in [0, 0.05) is 45.3 Å². The van der Waals surface area contributed by atoms with Crippen LogP contribution in [0.3, 0.4) is 0 Å². The van der Waals surface area contributed by atoms with E-state index in [0.29, 0.717) is 13.0 Å². The molecular weight excluding hydrogens is 206 g/mol. The second kappa shape index (κ2) is 4.65. The zero-order valence-electron chi connectivity index (χ0n) is 9.46. The third-order valence-electron chi connectivity index (χ3n) is 2.98. The monoisotopic (exact) mass is 223 g/mol. The van der Waals surface area contributed by atoms with Crippen LogP contribution in [0.4, 0.5) is 0 Å². The number of aryl methyl sites for hydroxylation is 1. The van der Waals surface area contributed by atoms with Crippen molar-refractivity contribution in [1.82, 2.24) is 14.7 Å². The van der Waals surface area contributed by atoms with Crippen LogP contribution in [0.15, 0.2) is 12.4 Å². The van der Waals surface area contributed by atoms with Crippen LogP contribution in [0.2, 0.25) is 0 Å². The lowest BCUT2D eigenvalue weighted by Crippen LogP contribution is -2.27. The molecule has 1 aliphatic rings. The van der Waals surface area contributed by atoms with Crippen LogP contribution < -0.4 is 0 Å².